The zero-order valence-electron chi connectivity index (χ0n) is 22.3. The van der Waals surface area contributed by atoms with Gasteiger partial charge in [-0.3, -0.25) is 14.0 Å². The normalized spacial score (nSPS) is 15.1. The topological polar surface area (TPSA) is 104 Å². The maximum Gasteiger partial charge on any atom is 0.422 e. The van der Waals surface area contributed by atoms with Gasteiger partial charge in [0, 0.05) is 18.8 Å². The second kappa shape index (κ2) is 12.8. The quantitative estimate of drug-likeness (QED) is 0.328. The fraction of sp³-hybridized carbons (Fsp3) is 0.481. The average Bonchev–Trinajstić information content (AvgIpc) is 3.32. The maximum absolute atomic E-state index is 13.5. The molecule has 1 atom stereocenters. The van der Waals surface area contributed by atoms with Crippen LogP contribution >= 0.6 is 0 Å². The summed E-state index contributed by atoms with van der Waals surface area (Å²) in [7, 11) is -0.346. The first-order chi connectivity index (χ1) is 19.0. The van der Waals surface area contributed by atoms with Crippen molar-refractivity contribution in [2.24, 2.45) is 5.92 Å². The first-order valence-electron chi connectivity index (χ1n) is 13.0. The molecule has 1 saturated carbocycles. The van der Waals surface area contributed by atoms with Gasteiger partial charge in [0.2, 0.25) is 5.16 Å². The number of ether oxygens (including phenoxy) is 2. The Hall–Kier alpha value is -3.48. The molecule has 2 aromatic heterocycles. The number of carbonyl (C=O) groups excluding carboxylic acids is 2. The number of alkyl halides is 3. The molecular weight excluding hydrogens is 549 g/mol. The van der Waals surface area contributed by atoms with Crippen molar-refractivity contribution in [2.75, 3.05) is 26.8 Å². The number of imidazole rings is 1. The Balaban J connectivity index is 1.50. The van der Waals surface area contributed by atoms with E-state index >= 15 is 0 Å². The summed E-state index contributed by atoms with van der Waals surface area (Å²) in [6.45, 7) is 0.209. The molecule has 9 nitrogen and oxygen atoms in total. The average molecular weight is 581 g/mol. The zero-order valence-corrected chi connectivity index (χ0v) is 23.1. The lowest BCUT2D eigenvalue weighted by molar-refractivity contribution is -0.153. The van der Waals surface area contributed by atoms with E-state index in [9.17, 15) is 27.0 Å². The molecule has 0 unspecified atom stereocenters. The number of benzene rings is 1. The van der Waals surface area contributed by atoms with Gasteiger partial charge in [-0.15, -0.1) is 0 Å². The summed E-state index contributed by atoms with van der Waals surface area (Å²) >= 11 is 0. The van der Waals surface area contributed by atoms with Crippen LogP contribution in [-0.4, -0.2) is 68.6 Å². The molecule has 0 radical (unpaired) electrons. The van der Waals surface area contributed by atoms with E-state index in [0.717, 1.165) is 32.1 Å². The third kappa shape index (κ3) is 7.18. The lowest BCUT2D eigenvalue weighted by atomic mass is 9.89. The highest BCUT2D eigenvalue weighted by molar-refractivity contribution is 7.84. The number of pyridine rings is 1. The summed E-state index contributed by atoms with van der Waals surface area (Å²) in [5.74, 6) is -0.573. The molecule has 2 heterocycles. The Morgan fingerprint density at radius 3 is 2.60 bits per heavy atom. The number of hydrogen-bond donors (Lipinski definition) is 0. The molecule has 0 bridgehead atoms. The van der Waals surface area contributed by atoms with Crippen molar-refractivity contribution >= 4 is 33.8 Å². The third-order valence-corrected chi connectivity index (χ3v) is 8.00. The standard InChI is InChI=1S/C27H31F3N4O5S/c1-18-21(31-13-12-23(18)39-17-27(28,29)30)16-40(37)25-32-20-10-6-7-11-22(20)34(25)26(36)33(2)14-15-38-24(35)19-8-4-3-5-9-19/h6-7,10-13,19H,3-5,8-9,14-17H2,1-2H3/t40-/m1/s1. The molecule has 1 aliphatic carbocycles. The van der Waals surface area contributed by atoms with Gasteiger partial charge in [0.15, 0.2) is 6.61 Å². The van der Waals surface area contributed by atoms with Crippen LogP contribution < -0.4 is 4.74 Å². The smallest absolute Gasteiger partial charge is 0.422 e. The minimum atomic E-state index is -4.51. The molecule has 1 fully saturated rings. The van der Waals surface area contributed by atoms with Gasteiger partial charge in [-0.2, -0.15) is 13.2 Å². The predicted octanol–water partition coefficient (Wildman–Crippen LogP) is 5.01. The van der Waals surface area contributed by atoms with E-state index < -0.39 is 29.6 Å². The van der Waals surface area contributed by atoms with Crippen LogP contribution in [0.3, 0.4) is 0 Å². The summed E-state index contributed by atoms with van der Waals surface area (Å²) in [5, 5.41) is -0.0277. The van der Waals surface area contributed by atoms with Gasteiger partial charge in [0.05, 0.1) is 45.7 Å². The number of esters is 1. The van der Waals surface area contributed by atoms with Crippen molar-refractivity contribution in [3.05, 3.63) is 47.8 Å². The summed E-state index contributed by atoms with van der Waals surface area (Å²) < 4.78 is 63.0. The Labute approximate surface area is 232 Å². The molecule has 3 aromatic rings. The van der Waals surface area contributed by atoms with Crippen LogP contribution in [0.5, 0.6) is 5.75 Å². The second-order valence-electron chi connectivity index (χ2n) is 9.70. The molecule has 4 rings (SSSR count). The number of para-hydroxylation sites is 2. The number of likely N-dealkylation sites (N-methyl/N-ethyl adjacent to an activating group) is 1. The van der Waals surface area contributed by atoms with Crippen LogP contribution in [-0.2, 0) is 26.1 Å². The van der Waals surface area contributed by atoms with Gasteiger partial charge < -0.3 is 14.4 Å². The highest BCUT2D eigenvalue weighted by atomic mass is 32.2. The summed E-state index contributed by atoms with van der Waals surface area (Å²) in [6, 6.07) is 7.60. The zero-order chi connectivity index (χ0) is 28.9. The molecule has 0 spiro atoms. The Bertz CT molecular complexity index is 1390. The van der Waals surface area contributed by atoms with Gasteiger partial charge in [-0.25, -0.2) is 14.3 Å². The minimum Gasteiger partial charge on any atom is -0.484 e. The molecule has 0 aliphatic heterocycles. The van der Waals surface area contributed by atoms with Crippen molar-refractivity contribution in [1.82, 2.24) is 19.4 Å². The molecule has 13 heteroatoms. The highest BCUT2D eigenvalue weighted by Gasteiger charge is 2.29. The van der Waals surface area contributed by atoms with Gasteiger partial charge in [-0.1, -0.05) is 31.4 Å². The Morgan fingerprint density at radius 2 is 1.88 bits per heavy atom. The van der Waals surface area contributed by atoms with Crippen LogP contribution in [0.25, 0.3) is 11.0 Å². The van der Waals surface area contributed by atoms with Crippen molar-refractivity contribution in [3.8, 4) is 5.75 Å². The van der Waals surface area contributed by atoms with E-state index in [2.05, 4.69) is 9.97 Å². The van der Waals surface area contributed by atoms with Gasteiger partial charge in [0.25, 0.3) is 0 Å². The second-order valence-corrected chi connectivity index (χ2v) is 11.0. The lowest BCUT2D eigenvalue weighted by Crippen LogP contribution is -2.35. The summed E-state index contributed by atoms with van der Waals surface area (Å²) in [4.78, 5) is 35.8. The van der Waals surface area contributed by atoms with Crippen LogP contribution in [0.4, 0.5) is 18.0 Å². The van der Waals surface area contributed by atoms with Gasteiger partial charge in [-0.05, 0) is 38.0 Å². The molecule has 0 saturated heterocycles. The van der Waals surface area contributed by atoms with Gasteiger partial charge >= 0.3 is 18.2 Å². The van der Waals surface area contributed by atoms with E-state index in [0.29, 0.717) is 16.6 Å². The van der Waals surface area contributed by atoms with Crippen LogP contribution in [0.15, 0.2) is 41.7 Å². The fourth-order valence-electron chi connectivity index (χ4n) is 4.56. The number of halogens is 3. The lowest BCUT2D eigenvalue weighted by Gasteiger charge is -2.22. The fourth-order valence-corrected chi connectivity index (χ4v) is 5.81. The largest absolute Gasteiger partial charge is 0.484 e. The molecule has 1 aliphatic rings. The van der Waals surface area contributed by atoms with Crippen LogP contribution in [0, 0.1) is 12.8 Å². The van der Waals surface area contributed by atoms with Crippen molar-refractivity contribution in [3.63, 3.8) is 0 Å². The number of rotatable bonds is 9. The maximum atomic E-state index is 13.5. The van der Waals surface area contributed by atoms with E-state index in [1.54, 1.807) is 31.3 Å². The number of hydrogen-bond acceptors (Lipinski definition) is 7. The number of nitrogens with zero attached hydrogens (tertiary/aromatic N) is 4. The number of carbonyl (C=O) groups is 2. The number of aromatic nitrogens is 3. The highest BCUT2D eigenvalue weighted by Crippen LogP contribution is 2.27. The van der Waals surface area contributed by atoms with Crippen LogP contribution in [0.2, 0.25) is 0 Å². The van der Waals surface area contributed by atoms with Crippen molar-refractivity contribution in [2.45, 2.75) is 56.1 Å². The molecule has 40 heavy (non-hydrogen) atoms. The summed E-state index contributed by atoms with van der Waals surface area (Å²) in [5.41, 5.74) is 1.45. The number of amides is 1. The molecule has 1 amide bonds. The van der Waals surface area contributed by atoms with E-state index in [-0.39, 0.29) is 47.4 Å². The Kier molecular flexibility index (Phi) is 9.44. The first-order valence-corrected chi connectivity index (χ1v) is 14.3. The van der Waals surface area contributed by atoms with Crippen LogP contribution in [0.1, 0.15) is 43.4 Å². The molecular formula is C27H31F3N4O5S. The Morgan fingerprint density at radius 1 is 1.15 bits per heavy atom. The third-order valence-electron chi connectivity index (χ3n) is 6.78. The van der Waals surface area contributed by atoms with Crippen molar-refractivity contribution < 1.29 is 36.4 Å². The minimum absolute atomic E-state index is 0.0218. The van der Waals surface area contributed by atoms with E-state index in [4.69, 9.17) is 9.47 Å². The predicted molar refractivity (Wildman–Crippen MR) is 141 cm³/mol. The van der Waals surface area contributed by atoms with Crippen molar-refractivity contribution in [1.29, 1.82) is 0 Å². The SMILES string of the molecule is Cc1c(OCC(F)(F)F)ccnc1C[S@@](=O)c1nc2ccccc2n1C(=O)N(C)CCOC(=O)C1CCCCC1. The van der Waals surface area contributed by atoms with Gasteiger partial charge in [0.1, 0.15) is 12.4 Å². The molecule has 216 valence electrons. The first kappa shape index (κ1) is 29.5. The molecule has 0 N–H and O–H groups in total. The molecule has 1 aromatic carbocycles. The number of fused-ring (bicyclic) bond motifs is 1. The van der Waals surface area contributed by atoms with E-state index in [1.165, 1.54) is 28.7 Å². The monoisotopic (exact) mass is 580 g/mol. The summed E-state index contributed by atoms with van der Waals surface area (Å²) in [6.07, 6.45) is 1.53. The van der Waals surface area contributed by atoms with E-state index in [1.807, 2.05) is 0 Å².